The van der Waals surface area contributed by atoms with Crippen LogP contribution in [0, 0.1) is 0 Å². The van der Waals surface area contributed by atoms with E-state index < -0.39 is 0 Å². The molecule has 0 saturated heterocycles. The van der Waals surface area contributed by atoms with Gasteiger partial charge in [-0.2, -0.15) is 0 Å². The summed E-state index contributed by atoms with van der Waals surface area (Å²) < 4.78 is 0. The zero-order chi connectivity index (χ0) is 8.23. The molecular weight excluding hydrogens is 253 g/mol. The van der Waals surface area contributed by atoms with Gasteiger partial charge in [0.25, 0.3) is 5.71 Å². The minimum Gasteiger partial charge on any atom is -0.0622 e. The first-order valence-corrected chi connectivity index (χ1v) is 3.93. The number of aliphatic imine (C=N–C) groups is 1. The molecule has 0 aliphatic carbocycles. The van der Waals surface area contributed by atoms with Crippen molar-refractivity contribution >= 4 is 5.71 Å². The van der Waals surface area contributed by atoms with Crippen LogP contribution in [0.2, 0.25) is 0 Å². The van der Waals surface area contributed by atoms with Crippen molar-refractivity contribution in [2.75, 3.05) is 0 Å². The number of hydrogen-bond acceptors (Lipinski definition) is 1. The zero-order valence-corrected chi connectivity index (χ0v) is 8.51. The Morgan fingerprint density at radius 3 is 2.31 bits per heavy atom. The summed E-state index contributed by atoms with van der Waals surface area (Å²) in [4.78, 5) is 4.25. The number of benzene rings is 1. The molecule has 1 aliphatic heterocycles. The minimum atomic E-state index is 0. The summed E-state index contributed by atoms with van der Waals surface area (Å²) >= 11 is 0. The van der Waals surface area contributed by atoms with Gasteiger partial charge in [0.2, 0.25) is 6.20 Å². The second kappa shape index (κ2) is 4.91. The predicted molar refractivity (Wildman–Crippen MR) is 51.0 cm³/mol. The average molecular weight is 262 g/mol. The molecule has 0 aromatic heterocycles. The number of allylic oxidation sites excluding steroid dienone is 3. The molecule has 1 aliphatic rings. The summed E-state index contributed by atoms with van der Waals surface area (Å²) in [5, 5.41) is 0. The van der Waals surface area contributed by atoms with Gasteiger partial charge in [0.1, 0.15) is 0 Å². The third-order valence-electron chi connectivity index (χ3n) is 1.73. The van der Waals surface area contributed by atoms with E-state index in [2.05, 4.69) is 17.1 Å². The number of hydrogen-bond donors (Lipinski definition) is 0. The standard InChI is InChI=1S/C11H9N.Pd/c1-2-6-10(7-3-1)11-8-4-5-9-12-11;/h1-9H;/q+1;. The van der Waals surface area contributed by atoms with Gasteiger partial charge in [-0.15, -0.1) is 0 Å². The molecule has 0 unspecified atom stereocenters. The van der Waals surface area contributed by atoms with Gasteiger partial charge in [0.15, 0.2) is 0 Å². The molecule has 0 amide bonds. The van der Waals surface area contributed by atoms with Crippen LogP contribution in [0.3, 0.4) is 0 Å². The van der Waals surface area contributed by atoms with Crippen LogP contribution < -0.4 is 4.99 Å². The molecule has 2 rings (SSSR count). The van der Waals surface area contributed by atoms with Crippen molar-refractivity contribution in [3.63, 3.8) is 0 Å². The number of rotatable bonds is 1. The van der Waals surface area contributed by atoms with E-state index in [0.717, 1.165) is 11.3 Å². The molecular formula is C11H9NPd+. The first kappa shape index (κ1) is 10.1. The van der Waals surface area contributed by atoms with Gasteiger partial charge in [-0.1, -0.05) is 18.2 Å². The molecule has 1 heterocycles. The maximum absolute atomic E-state index is 4.25. The Kier molecular flexibility index (Phi) is 3.82. The SMILES string of the molecule is C1=C[N+]=C(c2ccccc2)C=C1.[Pd]. The maximum atomic E-state index is 4.25. The molecule has 13 heavy (non-hydrogen) atoms. The largest absolute Gasteiger partial charge is 0.284 e. The maximum Gasteiger partial charge on any atom is 0.284 e. The van der Waals surface area contributed by atoms with E-state index in [0.29, 0.717) is 0 Å². The normalized spacial score (nSPS) is 13.4. The van der Waals surface area contributed by atoms with Crippen LogP contribution in [0.4, 0.5) is 0 Å². The van der Waals surface area contributed by atoms with E-state index in [1.54, 1.807) is 0 Å². The molecule has 1 nitrogen and oxygen atoms in total. The van der Waals surface area contributed by atoms with Gasteiger partial charge in [-0.05, 0) is 18.2 Å². The van der Waals surface area contributed by atoms with Gasteiger partial charge in [0.05, 0.1) is 10.6 Å². The fourth-order valence-corrected chi connectivity index (χ4v) is 1.14. The Hall–Kier alpha value is -0.968. The Balaban J connectivity index is 0.000000845. The van der Waals surface area contributed by atoms with Crippen LogP contribution in [0.1, 0.15) is 5.56 Å². The molecule has 0 spiro atoms. The van der Waals surface area contributed by atoms with E-state index in [9.17, 15) is 0 Å². The van der Waals surface area contributed by atoms with Crippen LogP contribution in [-0.4, -0.2) is 5.71 Å². The van der Waals surface area contributed by atoms with E-state index in [1.165, 1.54) is 0 Å². The van der Waals surface area contributed by atoms with Crippen molar-refractivity contribution in [1.82, 2.24) is 4.99 Å². The second-order valence-electron chi connectivity index (χ2n) is 2.58. The fourth-order valence-electron chi connectivity index (χ4n) is 1.14. The molecule has 1 radical (unpaired) electrons. The summed E-state index contributed by atoms with van der Waals surface area (Å²) in [5.74, 6) is 0. The van der Waals surface area contributed by atoms with Gasteiger partial charge in [-0.25, -0.2) is 0 Å². The summed E-state index contributed by atoms with van der Waals surface area (Å²) in [7, 11) is 0. The van der Waals surface area contributed by atoms with E-state index >= 15 is 0 Å². The Labute approximate surface area is 91.5 Å². The predicted octanol–water partition coefficient (Wildman–Crippen LogP) is 1.89. The molecule has 67 valence electrons. The molecule has 0 N–H and O–H groups in total. The van der Waals surface area contributed by atoms with Crippen LogP contribution >= 0.6 is 0 Å². The fraction of sp³-hybridized carbons (Fsp3) is 0. The van der Waals surface area contributed by atoms with Crippen LogP contribution in [0.5, 0.6) is 0 Å². The van der Waals surface area contributed by atoms with Gasteiger partial charge in [-0.3, -0.25) is 0 Å². The third kappa shape index (κ3) is 2.48. The van der Waals surface area contributed by atoms with Crippen molar-refractivity contribution in [3.8, 4) is 0 Å². The molecule has 0 fully saturated rings. The molecule has 2 heteroatoms. The average Bonchev–Trinajstić information content (AvgIpc) is 2.21. The van der Waals surface area contributed by atoms with Gasteiger partial charge in [0, 0.05) is 32.6 Å². The Morgan fingerprint density at radius 1 is 0.923 bits per heavy atom. The zero-order valence-electron chi connectivity index (χ0n) is 6.96. The summed E-state index contributed by atoms with van der Waals surface area (Å²) in [6.45, 7) is 0. The van der Waals surface area contributed by atoms with Crippen molar-refractivity contribution in [2.45, 2.75) is 0 Å². The topological polar surface area (TPSA) is 14.1 Å². The van der Waals surface area contributed by atoms with E-state index in [4.69, 9.17) is 0 Å². The van der Waals surface area contributed by atoms with Crippen LogP contribution in [-0.2, 0) is 20.4 Å². The monoisotopic (exact) mass is 261 g/mol. The molecule has 0 atom stereocenters. The molecule has 1 aromatic rings. The van der Waals surface area contributed by atoms with Crippen molar-refractivity contribution in [1.29, 1.82) is 0 Å². The first-order valence-electron chi connectivity index (χ1n) is 3.93. The molecule has 1 aromatic carbocycles. The summed E-state index contributed by atoms with van der Waals surface area (Å²) in [6, 6.07) is 10.2. The smallest absolute Gasteiger partial charge is 0.0622 e. The summed E-state index contributed by atoms with van der Waals surface area (Å²) in [6.07, 6.45) is 7.74. The van der Waals surface area contributed by atoms with Crippen LogP contribution in [0.25, 0.3) is 0 Å². The first-order chi connectivity index (χ1) is 5.97. The number of nitrogens with zero attached hydrogens (tertiary/aromatic N) is 1. The van der Waals surface area contributed by atoms with Gasteiger partial charge < -0.3 is 0 Å². The Bertz CT molecular complexity index is 350. The molecule has 0 saturated carbocycles. The third-order valence-corrected chi connectivity index (χ3v) is 1.73. The van der Waals surface area contributed by atoms with Crippen molar-refractivity contribution in [2.24, 2.45) is 0 Å². The van der Waals surface area contributed by atoms with E-state index in [-0.39, 0.29) is 20.4 Å². The van der Waals surface area contributed by atoms with E-state index in [1.807, 2.05) is 42.6 Å². The Morgan fingerprint density at radius 2 is 1.69 bits per heavy atom. The van der Waals surface area contributed by atoms with Crippen LogP contribution in [0.15, 0.2) is 54.8 Å². The van der Waals surface area contributed by atoms with Crippen molar-refractivity contribution < 1.29 is 20.4 Å². The molecule has 0 bridgehead atoms. The summed E-state index contributed by atoms with van der Waals surface area (Å²) in [5.41, 5.74) is 2.19. The second-order valence-corrected chi connectivity index (χ2v) is 2.58. The minimum absolute atomic E-state index is 0. The van der Waals surface area contributed by atoms with Crippen molar-refractivity contribution in [3.05, 3.63) is 60.3 Å². The quantitative estimate of drug-likeness (QED) is 0.686. The van der Waals surface area contributed by atoms with Gasteiger partial charge >= 0.3 is 0 Å².